The van der Waals surface area contributed by atoms with Crippen molar-refractivity contribution < 1.29 is 13.9 Å². The zero-order valence-corrected chi connectivity index (χ0v) is 13.4. The van der Waals surface area contributed by atoms with Gasteiger partial charge in [0.15, 0.2) is 0 Å². The minimum atomic E-state index is -0.229. The van der Waals surface area contributed by atoms with Gasteiger partial charge in [0.25, 0.3) is 0 Å². The summed E-state index contributed by atoms with van der Waals surface area (Å²) in [6, 6.07) is 6.68. The van der Waals surface area contributed by atoms with Crippen molar-refractivity contribution in [1.29, 1.82) is 0 Å². The minimum absolute atomic E-state index is 0.106. The van der Waals surface area contributed by atoms with E-state index in [-0.39, 0.29) is 17.1 Å². The SMILES string of the molecule is O=C(C[C@@H]1C=CCC1)NCC1(c2ccc(F)cc2)CCOCC1. The molecule has 23 heavy (non-hydrogen) atoms. The Kier molecular flexibility index (Phi) is 5.11. The van der Waals surface area contributed by atoms with Crippen LogP contribution in [0.5, 0.6) is 0 Å². The second kappa shape index (κ2) is 7.26. The van der Waals surface area contributed by atoms with Crippen molar-refractivity contribution in [2.24, 2.45) is 5.92 Å². The number of allylic oxidation sites excluding steroid dienone is 2. The number of benzene rings is 1. The number of nitrogens with one attached hydrogen (secondary N) is 1. The molecule has 124 valence electrons. The molecular formula is C19H24FNO2. The molecule has 0 unspecified atom stereocenters. The Morgan fingerprint density at radius 1 is 1.26 bits per heavy atom. The molecule has 4 heteroatoms. The van der Waals surface area contributed by atoms with E-state index in [1.807, 2.05) is 12.1 Å². The van der Waals surface area contributed by atoms with E-state index in [1.165, 1.54) is 12.1 Å². The van der Waals surface area contributed by atoms with Crippen molar-refractivity contribution in [3.8, 4) is 0 Å². The van der Waals surface area contributed by atoms with Crippen molar-refractivity contribution >= 4 is 5.91 Å². The first-order valence-corrected chi connectivity index (χ1v) is 8.45. The Morgan fingerprint density at radius 3 is 2.65 bits per heavy atom. The van der Waals surface area contributed by atoms with Gasteiger partial charge in [0.05, 0.1) is 0 Å². The molecule has 1 aromatic rings. The zero-order chi connectivity index (χ0) is 16.1. The van der Waals surface area contributed by atoms with E-state index < -0.39 is 0 Å². The summed E-state index contributed by atoms with van der Waals surface area (Å²) in [7, 11) is 0. The third-order valence-electron chi connectivity index (χ3n) is 5.09. The highest BCUT2D eigenvalue weighted by atomic mass is 19.1. The van der Waals surface area contributed by atoms with Gasteiger partial charge in [-0.25, -0.2) is 4.39 Å². The van der Waals surface area contributed by atoms with Crippen LogP contribution in [0.3, 0.4) is 0 Å². The largest absolute Gasteiger partial charge is 0.381 e. The van der Waals surface area contributed by atoms with E-state index in [0.29, 0.717) is 32.1 Å². The van der Waals surface area contributed by atoms with Gasteiger partial charge in [0, 0.05) is 31.6 Å². The van der Waals surface area contributed by atoms with Gasteiger partial charge in [0.1, 0.15) is 5.82 Å². The summed E-state index contributed by atoms with van der Waals surface area (Å²) >= 11 is 0. The molecule has 1 fully saturated rings. The van der Waals surface area contributed by atoms with Crippen LogP contribution in [0.25, 0.3) is 0 Å². The number of rotatable bonds is 5. The Balaban J connectivity index is 1.65. The predicted molar refractivity (Wildman–Crippen MR) is 87.6 cm³/mol. The first kappa shape index (κ1) is 16.2. The Morgan fingerprint density at radius 2 is 2.00 bits per heavy atom. The summed E-state index contributed by atoms with van der Waals surface area (Å²) in [5, 5.41) is 3.11. The van der Waals surface area contributed by atoms with Gasteiger partial charge in [-0.15, -0.1) is 0 Å². The summed E-state index contributed by atoms with van der Waals surface area (Å²) < 4.78 is 18.7. The van der Waals surface area contributed by atoms with Crippen molar-refractivity contribution in [2.75, 3.05) is 19.8 Å². The number of ether oxygens (including phenoxy) is 1. The molecule has 1 aromatic carbocycles. The van der Waals surface area contributed by atoms with Gasteiger partial charge in [-0.2, -0.15) is 0 Å². The molecule has 0 saturated carbocycles. The van der Waals surface area contributed by atoms with Gasteiger partial charge in [0.2, 0.25) is 5.91 Å². The lowest BCUT2D eigenvalue weighted by molar-refractivity contribution is -0.122. The molecule has 1 N–H and O–H groups in total. The van der Waals surface area contributed by atoms with Gasteiger partial charge in [-0.05, 0) is 49.3 Å². The highest BCUT2D eigenvalue weighted by molar-refractivity contribution is 5.76. The van der Waals surface area contributed by atoms with E-state index in [9.17, 15) is 9.18 Å². The normalized spacial score (nSPS) is 22.9. The quantitative estimate of drug-likeness (QED) is 0.846. The second-order valence-electron chi connectivity index (χ2n) is 6.65. The van der Waals surface area contributed by atoms with Gasteiger partial charge in [-0.3, -0.25) is 4.79 Å². The van der Waals surface area contributed by atoms with Crippen molar-refractivity contribution in [1.82, 2.24) is 5.32 Å². The summed E-state index contributed by atoms with van der Waals surface area (Å²) in [5.74, 6) is 0.258. The highest BCUT2D eigenvalue weighted by Crippen LogP contribution is 2.34. The molecular weight excluding hydrogens is 293 g/mol. The minimum Gasteiger partial charge on any atom is -0.381 e. The van der Waals surface area contributed by atoms with Gasteiger partial charge < -0.3 is 10.1 Å². The third-order valence-corrected chi connectivity index (χ3v) is 5.09. The summed E-state index contributed by atoms with van der Waals surface area (Å²) in [5.41, 5.74) is 0.941. The zero-order valence-electron chi connectivity index (χ0n) is 13.4. The molecule has 3 nitrogen and oxygen atoms in total. The lowest BCUT2D eigenvalue weighted by Gasteiger charge is -2.38. The van der Waals surface area contributed by atoms with E-state index >= 15 is 0 Å². The van der Waals surface area contributed by atoms with Crippen LogP contribution in [-0.4, -0.2) is 25.7 Å². The van der Waals surface area contributed by atoms with Crippen LogP contribution in [0, 0.1) is 11.7 Å². The fourth-order valence-corrected chi connectivity index (χ4v) is 3.58. The van der Waals surface area contributed by atoms with Crippen LogP contribution >= 0.6 is 0 Å². The molecule has 3 rings (SSSR count). The number of halogens is 1. The number of carbonyl (C=O) groups is 1. The number of hydrogen-bond acceptors (Lipinski definition) is 2. The molecule has 1 amide bonds. The second-order valence-corrected chi connectivity index (χ2v) is 6.65. The molecule has 2 aliphatic rings. The molecule has 0 bridgehead atoms. The molecule has 1 saturated heterocycles. The van der Waals surface area contributed by atoms with Crippen molar-refractivity contribution in [3.05, 3.63) is 47.8 Å². The Bertz CT molecular complexity index is 561. The van der Waals surface area contributed by atoms with Gasteiger partial charge in [-0.1, -0.05) is 24.3 Å². The highest BCUT2D eigenvalue weighted by Gasteiger charge is 2.35. The topological polar surface area (TPSA) is 38.3 Å². The summed E-state index contributed by atoms with van der Waals surface area (Å²) in [6.45, 7) is 1.95. The summed E-state index contributed by atoms with van der Waals surface area (Å²) in [6.07, 6.45) is 8.70. The predicted octanol–water partition coefficient (Wildman–Crippen LogP) is 3.35. The van der Waals surface area contributed by atoms with Crippen LogP contribution in [0.2, 0.25) is 0 Å². The van der Waals surface area contributed by atoms with Crippen LogP contribution in [0.1, 0.15) is 37.7 Å². The van der Waals surface area contributed by atoms with Gasteiger partial charge >= 0.3 is 0 Å². The summed E-state index contributed by atoms with van der Waals surface area (Å²) in [4.78, 5) is 12.2. The fraction of sp³-hybridized carbons (Fsp3) is 0.526. The van der Waals surface area contributed by atoms with Crippen molar-refractivity contribution in [2.45, 2.75) is 37.5 Å². The number of carbonyl (C=O) groups excluding carboxylic acids is 1. The third kappa shape index (κ3) is 3.99. The first-order valence-electron chi connectivity index (χ1n) is 8.45. The van der Waals surface area contributed by atoms with E-state index in [2.05, 4.69) is 17.5 Å². The van der Waals surface area contributed by atoms with E-state index in [0.717, 1.165) is 31.2 Å². The maximum atomic E-state index is 13.2. The maximum Gasteiger partial charge on any atom is 0.220 e. The van der Waals surface area contributed by atoms with Crippen LogP contribution in [-0.2, 0) is 14.9 Å². The molecule has 1 aliphatic heterocycles. The molecule has 1 aliphatic carbocycles. The van der Waals surface area contributed by atoms with Crippen LogP contribution < -0.4 is 5.32 Å². The average Bonchev–Trinajstić information content (AvgIpc) is 3.07. The Hall–Kier alpha value is -1.68. The fourth-order valence-electron chi connectivity index (χ4n) is 3.58. The number of hydrogen-bond donors (Lipinski definition) is 1. The smallest absolute Gasteiger partial charge is 0.220 e. The lowest BCUT2D eigenvalue weighted by atomic mass is 9.74. The molecule has 0 radical (unpaired) electrons. The van der Waals surface area contributed by atoms with Crippen molar-refractivity contribution in [3.63, 3.8) is 0 Å². The van der Waals surface area contributed by atoms with E-state index in [4.69, 9.17) is 4.74 Å². The number of amides is 1. The monoisotopic (exact) mass is 317 g/mol. The molecule has 0 aromatic heterocycles. The van der Waals surface area contributed by atoms with Crippen LogP contribution in [0.15, 0.2) is 36.4 Å². The lowest BCUT2D eigenvalue weighted by Crippen LogP contribution is -2.44. The van der Waals surface area contributed by atoms with E-state index in [1.54, 1.807) is 0 Å². The Labute approximate surface area is 136 Å². The molecule has 1 heterocycles. The first-order chi connectivity index (χ1) is 11.2. The molecule has 0 spiro atoms. The van der Waals surface area contributed by atoms with Crippen LogP contribution in [0.4, 0.5) is 4.39 Å². The standard InChI is InChI=1S/C19H24FNO2/c20-17-7-5-16(6-8-17)19(9-11-23-12-10-19)14-21-18(22)13-15-3-1-2-4-15/h1,3,5-8,15H,2,4,9-14H2,(H,21,22)/t15-/m1/s1. The average molecular weight is 317 g/mol. The molecule has 1 atom stereocenters. The maximum absolute atomic E-state index is 13.2.